The van der Waals surface area contributed by atoms with E-state index in [1.54, 1.807) is 22.9 Å². The highest BCUT2D eigenvalue weighted by Crippen LogP contribution is 2.32. The van der Waals surface area contributed by atoms with Crippen LogP contribution in [0.3, 0.4) is 0 Å². The summed E-state index contributed by atoms with van der Waals surface area (Å²) >= 11 is 0. The van der Waals surface area contributed by atoms with Crippen molar-refractivity contribution in [3.8, 4) is 5.88 Å². The number of ether oxygens (including phenoxy) is 1. The SMILES string of the molecule is O=S(=O)(C1CC1)N1CCC[C@@H](Oc2cnccn2)C1. The molecule has 2 aliphatic rings. The number of hydrogen-bond donors (Lipinski definition) is 0. The normalized spacial score (nSPS) is 25.2. The molecule has 1 saturated carbocycles. The summed E-state index contributed by atoms with van der Waals surface area (Å²) in [5.74, 6) is 0.457. The molecule has 1 aromatic heterocycles. The molecule has 0 spiro atoms. The number of nitrogens with zero attached hydrogens (tertiary/aromatic N) is 3. The molecule has 0 radical (unpaired) electrons. The van der Waals surface area contributed by atoms with E-state index in [-0.39, 0.29) is 11.4 Å². The Morgan fingerprint density at radius 2 is 2.11 bits per heavy atom. The predicted octanol–water partition coefficient (Wildman–Crippen LogP) is 0.812. The molecule has 0 aromatic carbocycles. The average Bonchev–Trinajstić information content (AvgIpc) is 3.25. The Hall–Kier alpha value is -1.21. The molecule has 1 aliphatic heterocycles. The summed E-state index contributed by atoms with van der Waals surface area (Å²) in [4.78, 5) is 7.99. The summed E-state index contributed by atoms with van der Waals surface area (Å²) in [5, 5.41) is -0.150. The van der Waals surface area contributed by atoms with E-state index < -0.39 is 10.0 Å². The summed E-state index contributed by atoms with van der Waals surface area (Å²) in [7, 11) is -3.10. The molecule has 1 atom stereocenters. The summed E-state index contributed by atoms with van der Waals surface area (Å²) in [5.41, 5.74) is 0. The highest BCUT2D eigenvalue weighted by Gasteiger charge is 2.41. The molecule has 2 heterocycles. The third-order valence-electron chi connectivity index (χ3n) is 3.47. The van der Waals surface area contributed by atoms with Gasteiger partial charge in [0.2, 0.25) is 15.9 Å². The lowest BCUT2D eigenvalue weighted by atomic mass is 10.1. The average molecular weight is 283 g/mol. The molecule has 1 aromatic rings. The lowest BCUT2D eigenvalue weighted by molar-refractivity contribution is 0.124. The van der Waals surface area contributed by atoms with Crippen LogP contribution in [0.2, 0.25) is 0 Å². The molecule has 0 amide bonds. The summed E-state index contributed by atoms with van der Waals surface area (Å²) in [6.07, 6.45) is 7.86. The van der Waals surface area contributed by atoms with Crippen LogP contribution in [0.25, 0.3) is 0 Å². The van der Waals surface area contributed by atoms with Crippen molar-refractivity contribution in [2.75, 3.05) is 13.1 Å². The Bertz CT molecular complexity index is 530. The van der Waals surface area contributed by atoms with Crippen LogP contribution < -0.4 is 4.74 Å². The molecule has 6 nitrogen and oxygen atoms in total. The lowest BCUT2D eigenvalue weighted by Gasteiger charge is -2.31. The summed E-state index contributed by atoms with van der Waals surface area (Å²) in [6, 6.07) is 0. The van der Waals surface area contributed by atoms with E-state index >= 15 is 0 Å². The van der Waals surface area contributed by atoms with Crippen molar-refractivity contribution >= 4 is 10.0 Å². The van der Waals surface area contributed by atoms with Crippen molar-refractivity contribution in [3.05, 3.63) is 18.6 Å². The van der Waals surface area contributed by atoms with Gasteiger partial charge in [0.25, 0.3) is 0 Å². The van der Waals surface area contributed by atoms with Crippen molar-refractivity contribution in [2.24, 2.45) is 0 Å². The van der Waals surface area contributed by atoms with Gasteiger partial charge in [-0.1, -0.05) is 0 Å². The van der Waals surface area contributed by atoms with E-state index in [0.29, 0.717) is 19.0 Å². The minimum atomic E-state index is -3.10. The second-order valence-corrected chi connectivity index (χ2v) is 7.24. The monoisotopic (exact) mass is 283 g/mol. The number of piperidine rings is 1. The Morgan fingerprint density at radius 3 is 2.79 bits per heavy atom. The Balaban J connectivity index is 1.65. The Labute approximate surface area is 112 Å². The number of aromatic nitrogens is 2. The van der Waals surface area contributed by atoms with E-state index in [0.717, 1.165) is 25.7 Å². The first-order valence-electron chi connectivity index (χ1n) is 6.58. The fourth-order valence-electron chi connectivity index (χ4n) is 2.33. The van der Waals surface area contributed by atoms with Crippen molar-refractivity contribution < 1.29 is 13.2 Å². The Kier molecular flexibility index (Phi) is 3.40. The number of rotatable bonds is 4. The van der Waals surface area contributed by atoms with Gasteiger partial charge in [-0.2, -0.15) is 4.31 Å². The smallest absolute Gasteiger partial charge is 0.232 e. The van der Waals surface area contributed by atoms with Crippen molar-refractivity contribution in [3.63, 3.8) is 0 Å². The van der Waals surface area contributed by atoms with Gasteiger partial charge in [0.1, 0.15) is 6.10 Å². The number of sulfonamides is 1. The van der Waals surface area contributed by atoms with E-state index in [2.05, 4.69) is 9.97 Å². The molecule has 2 fully saturated rings. The molecule has 0 bridgehead atoms. The van der Waals surface area contributed by atoms with Gasteiger partial charge in [0.15, 0.2) is 0 Å². The zero-order chi connectivity index (χ0) is 13.3. The van der Waals surface area contributed by atoms with Crippen molar-refractivity contribution in [2.45, 2.75) is 37.0 Å². The fourth-order valence-corrected chi connectivity index (χ4v) is 4.24. The molecule has 0 N–H and O–H groups in total. The topological polar surface area (TPSA) is 72.4 Å². The predicted molar refractivity (Wildman–Crippen MR) is 69.2 cm³/mol. The second-order valence-electron chi connectivity index (χ2n) is 5.03. The van der Waals surface area contributed by atoms with Crippen LogP contribution in [-0.2, 0) is 10.0 Å². The molecular formula is C12H17N3O3S. The quantitative estimate of drug-likeness (QED) is 0.817. The molecular weight excluding hydrogens is 266 g/mol. The van der Waals surface area contributed by atoms with E-state index in [9.17, 15) is 8.42 Å². The van der Waals surface area contributed by atoms with Gasteiger partial charge in [-0.05, 0) is 25.7 Å². The van der Waals surface area contributed by atoms with Gasteiger partial charge in [-0.25, -0.2) is 13.4 Å². The number of hydrogen-bond acceptors (Lipinski definition) is 5. The van der Waals surface area contributed by atoms with Crippen LogP contribution in [0.4, 0.5) is 0 Å². The minimum absolute atomic E-state index is 0.126. The first-order valence-corrected chi connectivity index (χ1v) is 8.08. The van der Waals surface area contributed by atoms with Gasteiger partial charge in [0, 0.05) is 18.9 Å². The second kappa shape index (κ2) is 5.05. The van der Waals surface area contributed by atoms with Crippen molar-refractivity contribution in [1.82, 2.24) is 14.3 Å². The minimum Gasteiger partial charge on any atom is -0.472 e. The van der Waals surface area contributed by atoms with Crippen LogP contribution in [0.1, 0.15) is 25.7 Å². The highest BCUT2D eigenvalue weighted by atomic mass is 32.2. The molecule has 1 saturated heterocycles. The molecule has 0 unspecified atom stereocenters. The zero-order valence-corrected chi connectivity index (χ0v) is 11.4. The molecule has 104 valence electrons. The van der Waals surface area contributed by atoms with Gasteiger partial charge in [0.05, 0.1) is 18.0 Å². The van der Waals surface area contributed by atoms with Crippen LogP contribution in [0.15, 0.2) is 18.6 Å². The maximum absolute atomic E-state index is 12.2. The first-order chi connectivity index (χ1) is 9.16. The Morgan fingerprint density at radius 1 is 1.26 bits per heavy atom. The zero-order valence-electron chi connectivity index (χ0n) is 10.6. The highest BCUT2D eigenvalue weighted by molar-refractivity contribution is 7.90. The summed E-state index contributed by atoms with van der Waals surface area (Å²) < 4.78 is 31.7. The molecule has 3 rings (SSSR count). The van der Waals surface area contributed by atoms with E-state index in [1.165, 1.54) is 0 Å². The molecule has 19 heavy (non-hydrogen) atoms. The first kappa shape index (κ1) is 12.8. The van der Waals surface area contributed by atoms with Gasteiger partial charge < -0.3 is 4.74 Å². The van der Waals surface area contributed by atoms with Gasteiger partial charge >= 0.3 is 0 Å². The largest absolute Gasteiger partial charge is 0.472 e. The summed E-state index contributed by atoms with van der Waals surface area (Å²) in [6.45, 7) is 1.04. The van der Waals surface area contributed by atoms with Gasteiger partial charge in [-0.15, -0.1) is 0 Å². The fraction of sp³-hybridized carbons (Fsp3) is 0.667. The maximum Gasteiger partial charge on any atom is 0.232 e. The molecule has 7 heteroatoms. The van der Waals surface area contributed by atoms with Crippen LogP contribution >= 0.6 is 0 Å². The maximum atomic E-state index is 12.2. The van der Waals surface area contributed by atoms with Crippen LogP contribution in [0.5, 0.6) is 5.88 Å². The van der Waals surface area contributed by atoms with Crippen LogP contribution in [-0.4, -0.2) is 47.1 Å². The van der Waals surface area contributed by atoms with Crippen LogP contribution in [0, 0.1) is 0 Å². The third kappa shape index (κ3) is 2.87. The lowest BCUT2D eigenvalue weighted by Crippen LogP contribution is -2.45. The standard InChI is InChI=1S/C12H17N3O3S/c16-19(17,11-3-4-11)15-7-1-2-10(9-15)18-12-8-13-5-6-14-12/h5-6,8,10-11H,1-4,7,9H2/t10-/m1/s1. The van der Waals surface area contributed by atoms with E-state index in [4.69, 9.17) is 4.74 Å². The molecule has 1 aliphatic carbocycles. The van der Waals surface area contributed by atoms with Crippen molar-refractivity contribution in [1.29, 1.82) is 0 Å². The van der Waals surface area contributed by atoms with Gasteiger partial charge in [-0.3, -0.25) is 4.98 Å². The third-order valence-corrected chi connectivity index (χ3v) is 5.84. The van der Waals surface area contributed by atoms with E-state index in [1.807, 2.05) is 0 Å².